The highest BCUT2D eigenvalue weighted by molar-refractivity contribution is 5.06. The van der Waals surface area contributed by atoms with Gasteiger partial charge in [-0.1, -0.05) is 26.0 Å². The Labute approximate surface area is 99.1 Å². The third kappa shape index (κ3) is 2.86. The molecule has 16 heavy (non-hydrogen) atoms. The van der Waals surface area contributed by atoms with Crippen molar-refractivity contribution in [1.29, 1.82) is 0 Å². The lowest BCUT2D eigenvalue weighted by Gasteiger charge is -2.34. The highest BCUT2D eigenvalue weighted by Gasteiger charge is 2.27. The molecule has 0 unspecified atom stereocenters. The van der Waals surface area contributed by atoms with Crippen molar-refractivity contribution in [3.8, 4) is 0 Å². The van der Waals surface area contributed by atoms with Crippen LogP contribution in [0.5, 0.6) is 0 Å². The molecule has 0 saturated heterocycles. The summed E-state index contributed by atoms with van der Waals surface area (Å²) in [5.41, 5.74) is 0. The average molecular weight is 223 g/mol. The standard InChI is InChI=1S/C14H25NO/c1-10-3-5-13(7-11(10)2)15-14-6-4-12(8-14)9-16/h4,6,10-16H,3,5,7-9H2,1-2H3/t10-,11+,12+,13-,14-/m1/s1. The van der Waals surface area contributed by atoms with Gasteiger partial charge < -0.3 is 10.4 Å². The molecular formula is C14H25NO. The Morgan fingerprint density at radius 3 is 2.56 bits per heavy atom. The second kappa shape index (κ2) is 5.33. The molecule has 1 saturated carbocycles. The average Bonchev–Trinajstić information content (AvgIpc) is 2.71. The Morgan fingerprint density at radius 1 is 1.12 bits per heavy atom. The third-order valence-electron chi connectivity index (χ3n) is 4.45. The topological polar surface area (TPSA) is 32.3 Å². The first kappa shape index (κ1) is 12.1. The maximum atomic E-state index is 9.09. The molecule has 2 rings (SSSR count). The van der Waals surface area contributed by atoms with E-state index in [2.05, 4.69) is 31.3 Å². The SMILES string of the molecule is C[C@@H]1CC[C@@H](N[C@@H]2C=C[C@H](CO)C2)C[C@@H]1C. The molecule has 0 heterocycles. The van der Waals surface area contributed by atoms with Gasteiger partial charge in [-0.3, -0.25) is 0 Å². The molecule has 1 fully saturated rings. The Kier molecular flexibility index (Phi) is 4.04. The van der Waals surface area contributed by atoms with E-state index >= 15 is 0 Å². The van der Waals surface area contributed by atoms with E-state index in [0.29, 0.717) is 24.6 Å². The van der Waals surface area contributed by atoms with Crippen LogP contribution in [0, 0.1) is 17.8 Å². The third-order valence-corrected chi connectivity index (χ3v) is 4.45. The highest BCUT2D eigenvalue weighted by Crippen LogP contribution is 2.30. The molecule has 0 bridgehead atoms. The lowest BCUT2D eigenvalue weighted by atomic mass is 9.79. The van der Waals surface area contributed by atoms with Gasteiger partial charge in [0.05, 0.1) is 0 Å². The van der Waals surface area contributed by atoms with Crippen LogP contribution < -0.4 is 5.32 Å². The van der Waals surface area contributed by atoms with E-state index < -0.39 is 0 Å². The van der Waals surface area contributed by atoms with E-state index in [1.165, 1.54) is 19.3 Å². The van der Waals surface area contributed by atoms with Crippen LogP contribution in [0.25, 0.3) is 0 Å². The molecular weight excluding hydrogens is 198 g/mol. The molecule has 0 aromatic carbocycles. The van der Waals surface area contributed by atoms with Gasteiger partial charge in [0.25, 0.3) is 0 Å². The molecule has 0 spiro atoms. The first-order chi connectivity index (χ1) is 7.69. The van der Waals surface area contributed by atoms with E-state index in [1.54, 1.807) is 0 Å². The van der Waals surface area contributed by atoms with E-state index in [9.17, 15) is 0 Å². The quantitative estimate of drug-likeness (QED) is 0.720. The summed E-state index contributed by atoms with van der Waals surface area (Å²) in [7, 11) is 0. The predicted molar refractivity (Wildman–Crippen MR) is 67.2 cm³/mol. The minimum atomic E-state index is 0.298. The van der Waals surface area contributed by atoms with Gasteiger partial charge in [-0.25, -0.2) is 0 Å². The van der Waals surface area contributed by atoms with Gasteiger partial charge in [-0.05, 0) is 37.5 Å². The van der Waals surface area contributed by atoms with Crippen LogP contribution in [0.2, 0.25) is 0 Å². The van der Waals surface area contributed by atoms with Crippen LogP contribution in [-0.4, -0.2) is 23.8 Å². The minimum absolute atomic E-state index is 0.298. The van der Waals surface area contributed by atoms with E-state index in [-0.39, 0.29) is 0 Å². The number of nitrogens with one attached hydrogen (secondary N) is 1. The molecule has 2 aliphatic rings. The van der Waals surface area contributed by atoms with Crippen molar-refractivity contribution < 1.29 is 5.11 Å². The smallest absolute Gasteiger partial charge is 0.0494 e. The Balaban J connectivity index is 1.77. The summed E-state index contributed by atoms with van der Waals surface area (Å²) in [6.45, 7) is 5.05. The molecule has 5 atom stereocenters. The minimum Gasteiger partial charge on any atom is -0.396 e. The van der Waals surface area contributed by atoms with Crippen molar-refractivity contribution in [3.05, 3.63) is 12.2 Å². The predicted octanol–water partition coefficient (Wildman–Crippen LogP) is 2.34. The summed E-state index contributed by atoms with van der Waals surface area (Å²) in [6.07, 6.45) is 9.47. The number of rotatable bonds is 3. The van der Waals surface area contributed by atoms with Crippen LogP contribution in [0.15, 0.2) is 12.2 Å². The molecule has 92 valence electrons. The second-order valence-electron chi connectivity index (χ2n) is 5.80. The zero-order valence-electron chi connectivity index (χ0n) is 10.5. The summed E-state index contributed by atoms with van der Waals surface area (Å²) < 4.78 is 0. The second-order valence-corrected chi connectivity index (χ2v) is 5.80. The molecule has 0 aromatic rings. The molecule has 2 aliphatic carbocycles. The molecule has 2 nitrogen and oxygen atoms in total. The lowest BCUT2D eigenvalue weighted by Crippen LogP contribution is -2.41. The van der Waals surface area contributed by atoms with E-state index in [0.717, 1.165) is 18.3 Å². The maximum absolute atomic E-state index is 9.09. The largest absolute Gasteiger partial charge is 0.396 e. The molecule has 0 amide bonds. The number of hydrogen-bond acceptors (Lipinski definition) is 2. The van der Waals surface area contributed by atoms with E-state index in [1.807, 2.05) is 0 Å². The molecule has 0 radical (unpaired) electrons. The van der Waals surface area contributed by atoms with Crippen molar-refractivity contribution in [3.63, 3.8) is 0 Å². The van der Waals surface area contributed by atoms with Gasteiger partial charge in [0.2, 0.25) is 0 Å². The van der Waals surface area contributed by atoms with Crippen molar-refractivity contribution in [2.75, 3.05) is 6.61 Å². The van der Waals surface area contributed by atoms with Gasteiger partial charge >= 0.3 is 0 Å². The maximum Gasteiger partial charge on any atom is 0.0494 e. The Hall–Kier alpha value is -0.340. The van der Waals surface area contributed by atoms with Gasteiger partial charge in [0.15, 0.2) is 0 Å². The molecule has 0 aromatic heterocycles. The molecule has 2 N–H and O–H groups in total. The zero-order chi connectivity index (χ0) is 11.5. The summed E-state index contributed by atoms with van der Waals surface area (Å²) >= 11 is 0. The monoisotopic (exact) mass is 223 g/mol. The number of hydrogen-bond donors (Lipinski definition) is 2. The van der Waals surface area contributed by atoms with Crippen molar-refractivity contribution in [2.45, 2.75) is 51.6 Å². The van der Waals surface area contributed by atoms with Crippen LogP contribution in [0.3, 0.4) is 0 Å². The van der Waals surface area contributed by atoms with Gasteiger partial charge in [0.1, 0.15) is 0 Å². The zero-order valence-corrected chi connectivity index (χ0v) is 10.5. The van der Waals surface area contributed by atoms with Crippen LogP contribution >= 0.6 is 0 Å². The Bertz CT molecular complexity index is 251. The normalized spacial score (nSPS) is 43.8. The van der Waals surface area contributed by atoms with E-state index in [4.69, 9.17) is 5.11 Å². The van der Waals surface area contributed by atoms with Crippen LogP contribution in [-0.2, 0) is 0 Å². The number of aliphatic hydroxyl groups excluding tert-OH is 1. The summed E-state index contributed by atoms with van der Waals surface area (Å²) in [6, 6.07) is 1.20. The summed E-state index contributed by atoms with van der Waals surface area (Å²) in [4.78, 5) is 0. The van der Waals surface area contributed by atoms with Gasteiger partial charge in [-0.2, -0.15) is 0 Å². The van der Waals surface area contributed by atoms with Crippen molar-refractivity contribution >= 4 is 0 Å². The van der Waals surface area contributed by atoms with Gasteiger partial charge in [-0.15, -0.1) is 0 Å². The van der Waals surface area contributed by atoms with Crippen molar-refractivity contribution in [1.82, 2.24) is 5.32 Å². The highest BCUT2D eigenvalue weighted by atomic mass is 16.3. The Morgan fingerprint density at radius 2 is 1.94 bits per heavy atom. The lowest BCUT2D eigenvalue weighted by molar-refractivity contribution is 0.211. The fraction of sp³-hybridized carbons (Fsp3) is 0.857. The first-order valence-electron chi connectivity index (χ1n) is 6.74. The fourth-order valence-electron chi connectivity index (χ4n) is 3.04. The molecule has 0 aliphatic heterocycles. The van der Waals surface area contributed by atoms with Crippen LogP contribution in [0.4, 0.5) is 0 Å². The van der Waals surface area contributed by atoms with Crippen molar-refractivity contribution in [2.24, 2.45) is 17.8 Å². The number of aliphatic hydroxyl groups is 1. The summed E-state index contributed by atoms with van der Waals surface area (Å²) in [5, 5.41) is 12.8. The fourth-order valence-corrected chi connectivity index (χ4v) is 3.04. The first-order valence-corrected chi connectivity index (χ1v) is 6.74. The molecule has 2 heteroatoms. The summed E-state index contributed by atoms with van der Waals surface area (Å²) in [5.74, 6) is 2.13. The van der Waals surface area contributed by atoms with Crippen LogP contribution in [0.1, 0.15) is 39.5 Å². The van der Waals surface area contributed by atoms with Gasteiger partial charge in [0, 0.05) is 24.6 Å².